The molecular formula is C32H34N4O6S. The van der Waals surface area contributed by atoms with Crippen LogP contribution in [0.15, 0.2) is 84.3 Å². The van der Waals surface area contributed by atoms with Crippen molar-refractivity contribution in [1.29, 1.82) is 0 Å². The maximum absolute atomic E-state index is 12.1. The molecule has 10 nitrogen and oxygen atoms in total. The summed E-state index contributed by atoms with van der Waals surface area (Å²) in [7, 11) is 1.91. The van der Waals surface area contributed by atoms with Crippen LogP contribution in [0, 0.1) is 0 Å². The minimum atomic E-state index is -0.997. The number of aliphatic hydroxyl groups excluding tert-OH is 1. The van der Waals surface area contributed by atoms with Crippen molar-refractivity contribution in [1.82, 2.24) is 20.1 Å². The van der Waals surface area contributed by atoms with Gasteiger partial charge >= 0.3 is 5.97 Å². The van der Waals surface area contributed by atoms with Crippen molar-refractivity contribution in [2.45, 2.75) is 56.1 Å². The summed E-state index contributed by atoms with van der Waals surface area (Å²) < 4.78 is 14.8. The summed E-state index contributed by atoms with van der Waals surface area (Å²) in [5, 5.41) is 30.1. The van der Waals surface area contributed by atoms with E-state index in [0.29, 0.717) is 18.7 Å². The van der Waals surface area contributed by atoms with Gasteiger partial charge in [-0.05, 0) is 27.8 Å². The molecule has 1 saturated heterocycles. The van der Waals surface area contributed by atoms with Gasteiger partial charge in [0.1, 0.15) is 6.33 Å². The zero-order chi connectivity index (χ0) is 30.2. The van der Waals surface area contributed by atoms with E-state index < -0.39 is 12.3 Å². The molecule has 224 valence electrons. The second-order valence-electron chi connectivity index (χ2n) is 10.3. The lowest BCUT2D eigenvalue weighted by molar-refractivity contribution is -0.245. The number of rotatable bonds is 12. The number of aliphatic hydroxyl groups is 1. The van der Waals surface area contributed by atoms with Gasteiger partial charge in [-0.1, -0.05) is 84.6 Å². The van der Waals surface area contributed by atoms with Crippen molar-refractivity contribution in [2.24, 2.45) is 7.05 Å². The lowest BCUT2D eigenvalue weighted by Crippen LogP contribution is -2.31. The highest BCUT2D eigenvalue weighted by atomic mass is 32.2. The van der Waals surface area contributed by atoms with Crippen molar-refractivity contribution >= 4 is 23.6 Å². The Hall–Kier alpha value is -4.03. The molecule has 2 heterocycles. The monoisotopic (exact) mass is 602 g/mol. The maximum Gasteiger partial charge on any atom is 0.303 e. The minimum absolute atomic E-state index is 0.0128. The molecule has 5 rings (SSSR count). The number of nitrogens with one attached hydrogen (secondary N) is 1. The molecule has 11 heteroatoms. The zero-order valence-corrected chi connectivity index (χ0v) is 24.6. The van der Waals surface area contributed by atoms with Crippen molar-refractivity contribution in [3.63, 3.8) is 0 Å². The average molecular weight is 603 g/mol. The maximum atomic E-state index is 12.1. The number of aromatic nitrogens is 3. The van der Waals surface area contributed by atoms with Gasteiger partial charge in [-0.15, -0.1) is 10.2 Å². The highest BCUT2D eigenvalue weighted by Gasteiger charge is 2.32. The number of benzene rings is 3. The second kappa shape index (κ2) is 14.4. The van der Waals surface area contributed by atoms with E-state index in [1.165, 1.54) is 0 Å². The summed E-state index contributed by atoms with van der Waals surface area (Å²) >= 11 is 1.59. The van der Waals surface area contributed by atoms with Crippen LogP contribution in [-0.4, -0.2) is 48.7 Å². The fourth-order valence-electron chi connectivity index (χ4n) is 4.87. The van der Waals surface area contributed by atoms with Gasteiger partial charge in [0.25, 0.3) is 0 Å². The first kappa shape index (κ1) is 30.4. The molecule has 3 atom stereocenters. The fraction of sp³-hybridized carbons (Fsp3) is 0.312. The summed E-state index contributed by atoms with van der Waals surface area (Å²) in [6.45, 7) is 0.286. The molecule has 4 aromatic rings. The third-order valence-electron chi connectivity index (χ3n) is 7.24. The number of thioether (sulfide) groups is 1. The number of aliphatic carboxylic acids is 1. The molecule has 0 spiro atoms. The van der Waals surface area contributed by atoms with E-state index in [0.717, 1.165) is 38.5 Å². The molecule has 0 aliphatic carbocycles. The van der Waals surface area contributed by atoms with Crippen LogP contribution >= 0.6 is 11.8 Å². The standard InChI is InChI=1S/C32H34N4O6S/c1-36-20-34-35-32(36)43-19-26-16-28(23-8-6-21(18-37)7-9-23)42-31(41-26)24-12-10-22(11-13-24)27-5-3-2-4-25(27)17-33-29(38)14-15-30(39)40/h2-13,20,26,28,31,37H,14-19H2,1H3,(H,33,38)(H,39,40)/t26-,28+,31+/m1/s1. The normalized spacial score (nSPS) is 18.3. The van der Waals surface area contributed by atoms with Crippen LogP contribution in [0.1, 0.15) is 53.9 Å². The van der Waals surface area contributed by atoms with E-state index in [1.807, 2.05) is 84.4 Å². The van der Waals surface area contributed by atoms with Gasteiger partial charge in [-0.25, -0.2) is 0 Å². The van der Waals surface area contributed by atoms with Gasteiger partial charge in [0.05, 0.1) is 25.2 Å². The molecule has 0 unspecified atom stereocenters. The molecule has 3 N–H and O–H groups in total. The van der Waals surface area contributed by atoms with E-state index in [1.54, 1.807) is 18.1 Å². The van der Waals surface area contributed by atoms with Gasteiger partial charge in [0, 0.05) is 37.8 Å². The topological polar surface area (TPSA) is 136 Å². The average Bonchev–Trinajstić information content (AvgIpc) is 3.46. The largest absolute Gasteiger partial charge is 0.481 e. The lowest BCUT2D eigenvalue weighted by Gasteiger charge is -2.36. The van der Waals surface area contributed by atoms with Crippen molar-refractivity contribution in [3.05, 3.63) is 101 Å². The number of hydrogen-bond acceptors (Lipinski definition) is 8. The number of carboxylic acid groups (broad SMARTS) is 1. The highest BCUT2D eigenvalue weighted by Crippen LogP contribution is 2.39. The number of aryl methyl sites for hydroxylation is 1. The Morgan fingerprint density at radius 3 is 2.44 bits per heavy atom. The Morgan fingerprint density at radius 2 is 1.74 bits per heavy atom. The van der Waals surface area contributed by atoms with Crippen LogP contribution < -0.4 is 5.32 Å². The summed E-state index contributed by atoms with van der Waals surface area (Å²) in [6, 6.07) is 23.6. The molecule has 0 saturated carbocycles. The van der Waals surface area contributed by atoms with Crippen molar-refractivity contribution in [2.75, 3.05) is 5.75 Å². The lowest BCUT2D eigenvalue weighted by atomic mass is 9.97. The highest BCUT2D eigenvalue weighted by molar-refractivity contribution is 7.99. The number of ether oxygens (including phenoxy) is 2. The molecule has 1 fully saturated rings. The van der Waals surface area contributed by atoms with Crippen molar-refractivity contribution < 1.29 is 29.3 Å². The van der Waals surface area contributed by atoms with Gasteiger partial charge < -0.3 is 29.6 Å². The van der Waals surface area contributed by atoms with Crippen LogP contribution in [0.2, 0.25) is 0 Å². The summed E-state index contributed by atoms with van der Waals surface area (Å²) in [5.74, 6) is -0.615. The fourth-order valence-corrected chi connectivity index (χ4v) is 5.78. The van der Waals surface area contributed by atoms with E-state index in [9.17, 15) is 14.7 Å². The Balaban J connectivity index is 1.31. The SMILES string of the molecule is Cn1cnnc1SC[C@H]1C[C@@H](c2ccc(CO)cc2)O[C@@H](c2ccc(-c3ccccc3CNC(=O)CCC(=O)O)cc2)O1. The van der Waals surface area contributed by atoms with Crippen LogP contribution in [0.25, 0.3) is 11.1 Å². The molecular weight excluding hydrogens is 568 g/mol. The first-order chi connectivity index (χ1) is 20.9. The summed E-state index contributed by atoms with van der Waals surface area (Å²) in [5.41, 5.74) is 5.62. The smallest absolute Gasteiger partial charge is 0.303 e. The Labute approximate surface area is 254 Å². The number of nitrogens with zero attached hydrogens (tertiary/aromatic N) is 3. The van der Waals surface area contributed by atoms with E-state index in [2.05, 4.69) is 15.5 Å². The Morgan fingerprint density at radius 1 is 1.00 bits per heavy atom. The Bertz CT molecular complexity index is 1530. The number of carboxylic acids is 1. The van der Waals surface area contributed by atoms with E-state index >= 15 is 0 Å². The van der Waals surface area contributed by atoms with Crippen LogP contribution in [0.4, 0.5) is 0 Å². The first-order valence-corrected chi connectivity index (χ1v) is 15.0. The van der Waals surface area contributed by atoms with E-state index in [4.69, 9.17) is 14.6 Å². The zero-order valence-electron chi connectivity index (χ0n) is 23.8. The molecule has 1 aliphatic heterocycles. The summed E-state index contributed by atoms with van der Waals surface area (Å²) in [4.78, 5) is 22.9. The molecule has 1 aliphatic rings. The van der Waals surface area contributed by atoms with Gasteiger partial charge in [0.2, 0.25) is 5.91 Å². The van der Waals surface area contributed by atoms with Crippen LogP contribution in [0.3, 0.4) is 0 Å². The first-order valence-electron chi connectivity index (χ1n) is 14.0. The second-order valence-corrected chi connectivity index (χ2v) is 11.3. The van der Waals surface area contributed by atoms with Crippen LogP contribution in [0.5, 0.6) is 0 Å². The van der Waals surface area contributed by atoms with Crippen LogP contribution in [-0.2, 0) is 39.3 Å². The molecule has 0 radical (unpaired) electrons. The third-order valence-corrected chi connectivity index (χ3v) is 8.40. The molecule has 3 aromatic carbocycles. The van der Waals surface area contributed by atoms with Gasteiger partial charge in [-0.2, -0.15) is 0 Å². The molecule has 1 amide bonds. The number of carbonyl (C=O) groups excluding carboxylic acids is 1. The quantitative estimate of drug-likeness (QED) is 0.196. The Kier molecular flexibility index (Phi) is 10.2. The van der Waals surface area contributed by atoms with E-state index in [-0.39, 0.29) is 37.6 Å². The number of amides is 1. The predicted octanol–water partition coefficient (Wildman–Crippen LogP) is 4.79. The third kappa shape index (κ3) is 8.08. The summed E-state index contributed by atoms with van der Waals surface area (Å²) in [6.07, 6.45) is 1.21. The van der Waals surface area contributed by atoms with Gasteiger partial charge in [-0.3, -0.25) is 9.59 Å². The van der Waals surface area contributed by atoms with Crippen molar-refractivity contribution in [3.8, 4) is 11.1 Å². The molecule has 43 heavy (non-hydrogen) atoms. The number of carbonyl (C=O) groups is 2. The minimum Gasteiger partial charge on any atom is -0.481 e. The number of hydrogen-bond donors (Lipinski definition) is 3. The predicted molar refractivity (Wildman–Crippen MR) is 161 cm³/mol. The molecule has 0 bridgehead atoms. The molecule has 1 aromatic heterocycles. The van der Waals surface area contributed by atoms with Gasteiger partial charge in [0.15, 0.2) is 11.4 Å².